The molecule has 3 N–H and O–H groups in total. The van der Waals surface area contributed by atoms with Gasteiger partial charge in [0.15, 0.2) is 9.84 Å². The van der Waals surface area contributed by atoms with Gasteiger partial charge in [-0.15, -0.1) is 0 Å². The van der Waals surface area contributed by atoms with Crippen molar-refractivity contribution in [3.05, 3.63) is 81.0 Å². The molecular formula is C20H16BrClN2O5S. The zero-order chi connectivity index (χ0) is 21.9. The zero-order valence-electron chi connectivity index (χ0n) is 15.3. The van der Waals surface area contributed by atoms with E-state index in [9.17, 15) is 23.4 Å². The van der Waals surface area contributed by atoms with Crippen molar-refractivity contribution in [3.63, 3.8) is 0 Å². The van der Waals surface area contributed by atoms with E-state index >= 15 is 0 Å². The van der Waals surface area contributed by atoms with Gasteiger partial charge in [-0.2, -0.15) is 0 Å². The van der Waals surface area contributed by atoms with Gasteiger partial charge < -0.3 is 15.5 Å². The summed E-state index contributed by atoms with van der Waals surface area (Å²) in [5.74, 6) is -2.22. The maximum atomic E-state index is 12.8. The van der Waals surface area contributed by atoms with Crippen molar-refractivity contribution in [1.82, 2.24) is 10.3 Å². The Morgan fingerprint density at radius 3 is 2.60 bits per heavy atom. The Morgan fingerprint density at radius 2 is 1.90 bits per heavy atom. The Labute approximate surface area is 186 Å². The van der Waals surface area contributed by atoms with Crippen LogP contribution < -0.4 is 5.32 Å². The number of rotatable bonds is 6. The van der Waals surface area contributed by atoms with Crippen molar-refractivity contribution in [1.29, 1.82) is 0 Å². The van der Waals surface area contributed by atoms with Gasteiger partial charge in [-0.1, -0.05) is 33.6 Å². The monoisotopic (exact) mass is 510 g/mol. The summed E-state index contributed by atoms with van der Waals surface area (Å²) < 4.78 is 26.0. The number of carbonyl (C=O) groups excluding carboxylic acids is 1. The number of nitrogens with zero attached hydrogens (tertiary/aromatic N) is 1. The molecule has 0 unspecified atom stereocenters. The predicted molar refractivity (Wildman–Crippen MR) is 115 cm³/mol. The van der Waals surface area contributed by atoms with Crippen molar-refractivity contribution in [2.45, 2.75) is 17.2 Å². The molecule has 0 atom stereocenters. The minimum absolute atomic E-state index is 0.0649. The third-order valence-corrected chi connectivity index (χ3v) is 6.56. The first-order valence-corrected chi connectivity index (χ1v) is 11.4. The second-order valence-electron chi connectivity index (χ2n) is 6.34. The molecule has 0 radical (unpaired) electrons. The van der Waals surface area contributed by atoms with Crippen LogP contribution in [-0.2, 0) is 22.1 Å². The largest absolute Gasteiger partial charge is 0.507 e. The van der Waals surface area contributed by atoms with Gasteiger partial charge in [0.2, 0.25) is 0 Å². The number of hydrogen-bond acceptors (Lipinski definition) is 6. The Hall–Kier alpha value is -2.62. The zero-order valence-corrected chi connectivity index (χ0v) is 18.5. The maximum Gasteiger partial charge on any atom is 0.255 e. The fourth-order valence-corrected chi connectivity index (χ4v) is 4.96. The van der Waals surface area contributed by atoms with Gasteiger partial charge in [-0.25, -0.2) is 8.42 Å². The number of carbonyl (C=O) groups is 1. The maximum absolute atomic E-state index is 12.8. The van der Waals surface area contributed by atoms with Crippen molar-refractivity contribution in [3.8, 4) is 11.5 Å². The quantitative estimate of drug-likeness (QED) is 0.463. The number of aromatic nitrogens is 1. The summed E-state index contributed by atoms with van der Waals surface area (Å²) in [6.45, 7) is 0.116. The summed E-state index contributed by atoms with van der Waals surface area (Å²) >= 11 is 9.22. The number of nitrogens with one attached hydrogen (secondary N) is 1. The minimum atomic E-state index is -4.04. The van der Waals surface area contributed by atoms with Crippen LogP contribution in [0.5, 0.6) is 11.5 Å². The molecule has 0 saturated heterocycles. The molecule has 1 aromatic heterocycles. The minimum Gasteiger partial charge on any atom is -0.507 e. The van der Waals surface area contributed by atoms with Crippen LogP contribution >= 0.6 is 27.5 Å². The SMILES string of the molecule is O=C(NCc1ccccn1)c1cc(Cl)cc(CS(=O)(=O)c2cc(Br)ccc2O)c1O. The average molecular weight is 512 g/mol. The molecule has 3 rings (SSSR count). The number of halogens is 2. The lowest BCUT2D eigenvalue weighted by Gasteiger charge is -2.13. The first-order chi connectivity index (χ1) is 14.2. The van der Waals surface area contributed by atoms with Gasteiger partial charge in [0, 0.05) is 21.3 Å². The summed E-state index contributed by atoms with van der Waals surface area (Å²) in [7, 11) is -4.04. The number of sulfone groups is 1. The van der Waals surface area contributed by atoms with E-state index in [1.165, 1.54) is 30.3 Å². The standard InChI is InChI=1S/C20H16BrClN2O5S/c21-13-4-5-17(25)18(8-13)30(28,29)11-12-7-14(22)9-16(19(12)26)20(27)24-10-15-3-1-2-6-23-15/h1-9,25-26H,10-11H2,(H,24,27). The summed E-state index contributed by atoms with van der Waals surface area (Å²) in [5, 5.41) is 23.2. The lowest BCUT2D eigenvalue weighted by atomic mass is 10.1. The molecule has 10 heteroatoms. The third kappa shape index (κ3) is 5.10. The molecule has 30 heavy (non-hydrogen) atoms. The van der Waals surface area contributed by atoms with Crippen LogP contribution in [0.15, 0.2) is 64.1 Å². The van der Waals surface area contributed by atoms with Gasteiger partial charge >= 0.3 is 0 Å². The first-order valence-electron chi connectivity index (χ1n) is 8.58. The van der Waals surface area contributed by atoms with E-state index in [1.807, 2.05) is 0 Å². The van der Waals surface area contributed by atoms with Crippen LogP contribution in [0.25, 0.3) is 0 Å². The molecule has 156 valence electrons. The smallest absolute Gasteiger partial charge is 0.255 e. The molecule has 1 heterocycles. The lowest BCUT2D eigenvalue weighted by Crippen LogP contribution is -2.23. The second kappa shape index (κ2) is 9.03. The molecule has 2 aromatic carbocycles. The molecule has 0 saturated carbocycles. The summed E-state index contributed by atoms with van der Waals surface area (Å²) in [4.78, 5) is 16.3. The normalized spacial score (nSPS) is 11.3. The van der Waals surface area contributed by atoms with Crippen molar-refractivity contribution in [2.24, 2.45) is 0 Å². The van der Waals surface area contributed by atoms with E-state index in [0.717, 1.165) is 0 Å². The van der Waals surface area contributed by atoms with Crippen LogP contribution in [0.2, 0.25) is 5.02 Å². The molecule has 0 aliphatic rings. The molecule has 7 nitrogen and oxygen atoms in total. The summed E-state index contributed by atoms with van der Waals surface area (Å²) in [6.07, 6.45) is 1.58. The molecule has 0 spiro atoms. The van der Waals surface area contributed by atoms with Crippen molar-refractivity contribution < 1.29 is 23.4 Å². The van der Waals surface area contributed by atoms with E-state index < -0.39 is 33.0 Å². The van der Waals surface area contributed by atoms with Crippen LogP contribution in [0.4, 0.5) is 0 Å². The number of benzene rings is 2. The molecular weight excluding hydrogens is 496 g/mol. The second-order valence-corrected chi connectivity index (χ2v) is 9.65. The molecule has 1 amide bonds. The van der Waals surface area contributed by atoms with Gasteiger partial charge in [-0.3, -0.25) is 9.78 Å². The number of amides is 1. The number of pyridine rings is 1. The van der Waals surface area contributed by atoms with Gasteiger partial charge in [0.05, 0.1) is 23.6 Å². The van der Waals surface area contributed by atoms with Crippen LogP contribution in [-0.4, -0.2) is 29.5 Å². The first kappa shape index (κ1) is 22.1. The molecule has 0 bridgehead atoms. The highest BCUT2D eigenvalue weighted by molar-refractivity contribution is 9.10. The van der Waals surface area contributed by atoms with Crippen molar-refractivity contribution >= 4 is 43.3 Å². The number of phenols is 2. The Morgan fingerprint density at radius 1 is 1.13 bits per heavy atom. The van der Waals surface area contributed by atoms with Crippen LogP contribution in [0.3, 0.4) is 0 Å². The number of hydrogen-bond donors (Lipinski definition) is 3. The van der Waals surface area contributed by atoms with Gasteiger partial charge in [0.1, 0.15) is 16.4 Å². The van der Waals surface area contributed by atoms with E-state index in [2.05, 4.69) is 26.2 Å². The summed E-state index contributed by atoms with van der Waals surface area (Å²) in [5.41, 5.74) is 0.382. The topological polar surface area (TPSA) is 117 Å². The van der Waals surface area contributed by atoms with E-state index in [0.29, 0.717) is 10.2 Å². The highest BCUT2D eigenvalue weighted by Crippen LogP contribution is 2.33. The molecule has 0 aliphatic heterocycles. The molecule has 0 aliphatic carbocycles. The van der Waals surface area contributed by atoms with Gasteiger partial charge in [-0.05, 0) is 42.5 Å². The summed E-state index contributed by atoms with van der Waals surface area (Å²) in [6, 6.07) is 11.7. The fourth-order valence-electron chi connectivity index (χ4n) is 2.73. The van der Waals surface area contributed by atoms with E-state index in [1.54, 1.807) is 24.4 Å². The lowest BCUT2D eigenvalue weighted by molar-refractivity contribution is 0.0947. The Balaban J connectivity index is 1.89. The molecule has 0 fully saturated rings. The van der Waals surface area contributed by atoms with E-state index in [-0.39, 0.29) is 27.6 Å². The Kier molecular flexibility index (Phi) is 6.64. The third-order valence-electron chi connectivity index (χ3n) is 4.16. The van der Waals surface area contributed by atoms with Crippen molar-refractivity contribution in [2.75, 3.05) is 0 Å². The Bertz CT molecular complexity index is 1200. The average Bonchev–Trinajstić information content (AvgIpc) is 2.71. The molecule has 3 aromatic rings. The highest BCUT2D eigenvalue weighted by Gasteiger charge is 2.24. The van der Waals surface area contributed by atoms with Gasteiger partial charge in [0.25, 0.3) is 5.91 Å². The fraction of sp³-hybridized carbons (Fsp3) is 0.100. The van der Waals surface area contributed by atoms with Crippen LogP contribution in [0, 0.1) is 0 Å². The number of phenolic OH excluding ortho intramolecular Hbond substituents is 2. The number of aromatic hydroxyl groups is 2. The van der Waals surface area contributed by atoms with Crippen LogP contribution in [0.1, 0.15) is 21.6 Å². The van der Waals surface area contributed by atoms with E-state index in [4.69, 9.17) is 11.6 Å². The predicted octanol–water partition coefficient (Wildman–Crippen LogP) is 3.81. The highest BCUT2D eigenvalue weighted by atomic mass is 79.9.